The van der Waals surface area contributed by atoms with Crippen LogP contribution in [-0.4, -0.2) is 31.3 Å². The first-order valence-electron chi connectivity index (χ1n) is 3.80. The molecule has 0 aliphatic carbocycles. The third-order valence-corrected chi connectivity index (χ3v) is 1.06. The zero-order valence-corrected chi connectivity index (χ0v) is 7.56. The van der Waals surface area contributed by atoms with E-state index >= 15 is 0 Å². The monoisotopic (exact) mass is 229 g/mol. The van der Waals surface area contributed by atoms with Crippen molar-refractivity contribution in [2.75, 3.05) is 13.2 Å². The Labute approximate surface area is 82.9 Å². The average molecular weight is 229 g/mol. The van der Waals surface area contributed by atoms with Crippen LogP contribution in [0, 0.1) is 0 Å². The van der Waals surface area contributed by atoms with Crippen LogP contribution in [0.15, 0.2) is 0 Å². The van der Waals surface area contributed by atoms with Crippen LogP contribution in [0.4, 0.5) is 18.0 Å². The van der Waals surface area contributed by atoms with Crippen LogP contribution in [0.5, 0.6) is 0 Å². The molecule has 4 N–H and O–H groups in total. The summed E-state index contributed by atoms with van der Waals surface area (Å²) in [4.78, 5) is 20.8. The third-order valence-electron chi connectivity index (χ3n) is 1.06. The van der Waals surface area contributed by atoms with Gasteiger partial charge in [0.1, 0.15) is 6.61 Å². The van der Waals surface area contributed by atoms with Gasteiger partial charge in [0.2, 0.25) is 5.91 Å². The quantitative estimate of drug-likeness (QED) is 0.454. The molecule has 0 rings (SSSR count). The Morgan fingerprint density at radius 1 is 1.27 bits per heavy atom. The molecule has 0 spiro atoms. The van der Waals surface area contributed by atoms with E-state index in [-0.39, 0.29) is 6.42 Å². The maximum atomic E-state index is 11.5. The predicted octanol–water partition coefficient (Wildman–Crippen LogP) is -0.345. The number of hydrazine groups is 1. The van der Waals surface area contributed by atoms with Crippen LogP contribution in [0.3, 0.4) is 0 Å². The number of urea groups is 1. The number of carbonyl (C=O) groups excluding carboxylic acids is 2. The zero-order chi connectivity index (χ0) is 11.9. The molecular formula is C6H10F3N3O3. The number of carbonyl (C=O) groups is 2. The van der Waals surface area contributed by atoms with Gasteiger partial charge in [0.05, 0.1) is 13.0 Å². The summed E-state index contributed by atoms with van der Waals surface area (Å²) >= 11 is 0. The van der Waals surface area contributed by atoms with Crippen molar-refractivity contribution >= 4 is 11.9 Å². The van der Waals surface area contributed by atoms with Crippen LogP contribution in [-0.2, 0) is 9.53 Å². The van der Waals surface area contributed by atoms with E-state index in [9.17, 15) is 22.8 Å². The molecule has 0 aliphatic heterocycles. The van der Waals surface area contributed by atoms with Crippen LogP contribution in [0.25, 0.3) is 0 Å². The lowest BCUT2D eigenvalue weighted by atomic mass is 10.4. The van der Waals surface area contributed by atoms with Gasteiger partial charge >= 0.3 is 12.2 Å². The van der Waals surface area contributed by atoms with Crippen LogP contribution in [0.1, 0.15) is 6.42 Å². The number of amides is 3. The van der Waals surface area contributed by atoms with Gasteiger partial charge in [-0.05, 0) is 0 Å². The van der Waals surface area contributed by atoms with Crippen molar-refractivity contribution in [1.82, 2.24) is 10.9 Å². The van der Waals surface area contributed by atoms with Gasteiger partial charge in [-0.2, -0.15) is 13.2 Å². The Bertz CT molecular complexity index is 231. The van der Waals surface area contributed by atoms with E-state index < -0.39 is 31.3 Å². The van der Waals surface area contributed by atoms with E-state index in [0.29, 0.717) is 0 Å². The molecule has 0 heterocycles. The van der Waals surface area contributed by atoms with Crippen LogP contribution in [0.2, 0.25) is 0 Å². The number of ether oxygens (including phenoxy) is 1. The number of nitrogens with two attached hydrogens (primary N) is 1. The first-order valence-corrected chi connectivity index (χ1v) is 3.80. The maximum absolute atomic E-state index is 11.5. The lowest BCUT2D eigenvalue weighted by Gasteiger charge is -2.07. The summed E-state index contributed by atoms with van der Waals surface area (Å²) in [6, 6.07) is -0.973. The predicted molar refractivity (Wildman–Crippen MR) is 42.4 cm³/mol. The summed E-state index contributed by atoms with van der Waals surface area (Å²) < 4.78 is 38.8. The second-order valence-electron chi connectivity index (χ2n) is 2.46. The summed E-state index contributed by atoms with van der Waals surface area (Å²) in [6.07, 6.45) is -4.72. The van der Waals surface area contributed by atoms with Crippen molar-refractivity contribution in [2.24, 2.45) is 5.73 Å². The Morgan fingerprint density at radius 2 is 1.87 bits per heavy atom. The van der Waals surface area contributed by atoms with Crippen molar-refractivity contribution in [3.05, 3.63) is 0 Å². The van der Waals surface area contributed by atoms with E-state index in [1.807, 2.05) is 5.43 Å². The van der Waals surface area contributed by atoms with E-state index in [1.165, 1.54) is 0 Å². The summed E-state index contributed by atoms with van der Waals surface area (Å²) in [5.41, 5.74) is 8.23. The maximum Gasteiger partial charge on any atom is 0.411 e. The van der Waals surface area contributed by atoms with Crippen molar-refractivity contribution in [3.63, 3.8) is 0 Å². The minimum absolute atomic E-state index is 0.309. The molecule has 9 heteroatoms. The Morgan fingerprint density at radius 3 is 2.33 bits per heavy atom. The highest BCUT2D eigenvalue weighted by Crippen LogP contribution is 2.14. The minimum atomic E-state index is -4.41. The highest BCUT2D eigenvalue weighted by molar-refractivity contribution is 5.80. The number of hydrogen-bond acceptors (Lipinski definition) is 3. The number of halogens is 3. The molecule has 0 fully saturated rings. The summed E-state index contributed by atoms with van der Waals surface area (Å²) in [7, 11) is 0. The first-order chi connectivity index (χ1) is 6.81. The fraction of sp³-hybridized carbons (Fsp3) is 0.667. The Kier molecular flexibility index (Phi) is 5.45. The number of alkyl halides is 3. The summed E-state index contributed by atoms with van der Waals surface area (Å²) in [6.45, 7) is -1.81. The second-order valence-corrected chi connectivity index (χ2v) is 2.46. The molecular weight excluding hydrogens is 219 g/mol. The number of nitrogens with one attached hydrogen (secondary N) is 2. The number of primary amides is 1. The van der Waals surface area contributed by atoms with Crippen LogP contribution < -0.4 is 16.6 Å². The smallest absolute Gasteiger partial charge is 0.372 e. The lowest BCUT2D eigenvalue weighted by molar-refractivity contribution is -0.174. The molecule has 15 heavy (non-hydrogen) atoms. The number of rotatable bonds is 4. The third kappa shape index (κ3) is 10.4. The molecule has 0 aromatic heterocycles. The fourth-order valence-electron chi connectivity index (χ4n) is 0.547. The van der Waals surface area contributed by atoms with Gasteiger partial charge in [0.25, 0.3) is 0 Å². The largest absolute Gasteiger partial charge is 0.411 e. The molecule has 88 valence electrons. The second kappa shape index (κ2) is 6.06. The minimum Gasteiger partial charge on any atom is -0.372 e. The van der Waals surface area contributed by atoms with Gasteiger partial charge in [-0.1, -0.05) is 0 Å². The zero-order valence-electron chi connectivity index (χ0n) is 7.56. The molecule has 6 nitrogen and oxygen atoms in total. The van der Waals surface area contributed by atoms with Gasteiger partial charge in [-0.15, -0.1) is 0 Å². The summed E-state index contributed by atoms with van der Waals surface area (Å²) in [5.74, 6) is -0.698. The molecule has 0 aliphatic rings. The molecule has 0 bridgehead atoms. The molecule has 0 saturated heterocycles. The van der Waals surface area contributed by atoms with Gasteiger partial charge in [-0.25, -0.2) is 10.2 Å². The molecule has 0 aromatic carbocycles. The summed E-state index contributed by atoms with van der Waals surface area (Å²) in [5, 5.41) is 0. The first kappa shape index (κ1) is 13.5. The van der Waals surface area contributed by atoms with Crippen molar-refractivity contribution < 1.29 is 27.5 Å². The van der Waals surface area contributed by atoms with Gasteiger partial charge in [0.15, 0.2) is 0 Å². The Hall–Kier alpha value is -1.51. The average Bonchev–Trinajstić information content (AvgIpc) is 2.07. The van der Waals surface area contributed by atoms with Crippen molar-refractivity contribution in [3.8, 4) is 0 Å². The molecule has 3 amide bonds. The normalized spacial score (nSPS) is 10.9. The van der Waals surface area contributed by atoms with E-state index in [1.54, 1.807) is 5.43 Å². The van der Waals surface area contributed by atoms with Gasteiger partial charge in [-0.3, -0.25) is 10.2 Å². The lowest BCUT2D eigenvalue weighted by Crippen LogP contribution is -2.44. The van der Waals surface area contributed by atoms with Crippen LogP contribution >= 0.6 is 0 Å². The highest BCUT2D eigenvalue weighted by atomic mass is 19.4. The fourth-order valence-corrected chi connectivity index (χ4v) is 0.547. The highest BCUT2D eigenvalue weighted by Gasteiger charge is 2.27. The van der Waals surface area contributed by atoms with E-state index in [2.05, 4.69) is 10.5 Å². The van der Waals surface area contributed by atoms with Crippen molar-refractivity contribution in [2.45, 2.75) is 12.6 Å². The molecule has 0 saturated carbocycles. The topological polar surface area (TPSA) is 93.5 Å². The molecule has 0 atom stereocenters. The number of hydrogen-bond donors (Lipinski definition) is 3. The Balaban J connectivity index is 3.44. The molecule has 0 unspecified atom stereocenters. The van der Waals surface area contributed by atoms with Crippen molar-refractivity contribution in [1.29, 1.82) is 0 Å². The molecule has 0 radical (unpaired) electrons. The molecule has 0 aromatic rings. The van der Waals surface area contributed by atoms with E-state index in [0.717, 1.165) is 0 Å². The standard InChI is InChI=1S/C6H10F3N3O3/c7-6(8,9)3-15-2-1-4(13)11-12-5(10)14/h1-3H2,(H,11,13)(H3,10,12,14). The van der Waals surface area contributed by atoms with E-state index in [4.69, 9.17) is 0 Å². The van der Waals surface area contributed by atoms with Gasteiger partial charge < -0.3 is 10.5 Å². The van der Waals surface area contributed by atoms with Gasteiger partial charge in [0, 0.05) is 0 Å². The SMILES string of the molecule is NC(=O)NNC(=O)CCOCC(F)(F)F.